The van der Waals surface area contributed by atoms with Gasteiger partial charge in [0, 0.05) is 17.8 Å². The van der Waals surface area contributed by atoms with Crippen LogP contribution in [0.2, 0.25) is 0 Å². The van der Waals surface area contributed by atoms with Crippen molar-refractivity contribution in [3.8, 4) is 17.4 Å². The molecule has 0 atom stereocenters. The second-order valence-electron chi connectivity index (χ2n) is 4.69. The van der Waals surface area contributed by atoms with Gasteiger partial charge in [0.25, 0.3) is 0 Å². The van der Waals surface area contributed by atoms with Gasteiger partial charge in [-0.3, -0.25) is 0 Å². The van der Waals surface area contributed by atoms with Gasteiger partial charge in [0.15, 0.2) is 0 Å². The topological polar surface area (TPSA) is 31.4 Å². The molecule has 3 heteroatoms. The highest BCUT2D eigenvalue weighted by molar-refractivity contribution is 5.43. The summed E-state index contributed by atoms with van der Waals surface area (Å²) < 4.78 is 11.3. The summed E-state index contributed by atoms with van der Waals surface area (Å²) in [6, 6.07) is 11.6. The van der Waals surface area contributed by atoms with Gasteiger partial charge in [0.05, 0.1) is 7.11 Å². The van der Waals surface area contributed by atoms with Crippen molar-refractivity contribution in [2.45, 2.75) is 32.6 Å². The first-order valence-electron chi connectivity index (χ1n) is 7.05. The van der Waals surface area contributed by atoms with Crippen LogP contribution in [0, 0.1) is 0 Å². The third kappa shape index (κ3) is 3.29. The van der Waals surface area contributed by atoms with E-state index in [4.69, 9.17) is 9.47 Å². The maximum Gasteiger partial charge on any atom is 0.219 e. The van der Waals surface area contributed by atoms with Crippen molar-refractivity contribution in [1.82, 2.24) is 4.98 Å². The largest absolute Gasteiger partial charge is 0.496 e. The third-order valence-electron chi connectivity index (χ3n) is 3.49. The molecular weight excluding hydrogens is 250 g/mol. The van der Waals surface area contributed by atoms with E-state index in [2.05, 4.69) is 24.9 Å². The van der Waals surface area contributed by atoms with E-state index in [1.807, 2.05) is 30.3 Å². The van der Waals surface area contributed by atoms with Crippen LogP contribution in [0.3, 0.4) is 0 Å². The maximum absolute atomic E-state index is 5.79. The molecule has 2 aromatic rings. The number of hydrogen-bond acceptors (Lipinski definition) is 3. The molecular formula is C17H21NO2. The minimum absolute atomic E-state index is 0.484. The van der Waals surface area contributed by atoms with Crippen LogP contribution in [0.5, 0.6) is 17.4 Å². The second kappa shape index (κ2) is 6.94. The Hall–Kier alpha value is -2.03. The monoisotopic (exact) mass is 271 g/mol. The lowest BCUT2D eigenvalue weighted by Crippen LogP contribution is -2.00. The van der Waals surface area contributed by atoms with E-state index in [0.29, 0.717) is 11.8 Å². The van der Waals surface area contributed by atoms with Crippen molar-refractivity contribution in [1.29, 1.82) is 0 Å². The second-order valence-corrected chi connectivity index (χ2v) is 4.69. The Morgan fingerprint density at radius 3 is 2.50 bits per heavy atom. The van der Waals surface area contributed by atoms with Crippen molar-refractivity contribution < 1.29 is 9.47 Å². The van der Waals surface area contributed by atoms with Crippen LogP contribution in [0.15, 0.2) is 42.6 Å². The SMILES string of the molecule is CCC(CC)c1cc(Oc2ccccn2)ccc1OC. The number of aromatic nitrogens is 1. The molecule has 0 spiro atoms. The first-order valence-corrected chi connectivity index (χ1v) is 7.05. The highest BCUT2D eigenvalue weighted by atomic mass is 16.5. The smallest absolute Gasteiger partial charge is 0.219 e. The normalized spacial score (nSPS) is 10.6. The van der Waals surface area contributed by atoms with Gasteiger partial charge < -0.3 is 9.47 Å². The van der Waals surface area contributed by atoms with Gasteiger partial charge in [0.2, 0.25) is 5.88 Å². The molecule has 0 radical (unpaired) electrons. The Bertz CT molecular complexity index is 536. The molecule has 0 unspecified atom stereocenters. The molecule has 0 aliphatic carbocycles. The number of pyridine rings is 1. The van der Waals surface area contributed by atoms with Crippen molar-refractivity contribution in [3.63, 3.8) is 0 Å². The first kappa shape index (κ1) is 14.4. The van der Waals surface area contributed by atoms with Gasteiger partial charge in [-0.15, -0.1) is 0 Å². The predicted molar refractivity (Wildman–Crippen MR) is 80.6 cm³/mol. The zero-order valence-electron chi connectivity index (χ0n) is 12.3. The zero-order chi connectivity index (χ0) is 14.4. The predicted octanol–water partition coefficient (Wildman–Crippen LogP) is 4.79. The van der Waals surface area contributed by atoms with Gasteiger partial charge in [-0.2, -0.15) is 0 Å². The zero-order valence-corrected chi connectivity index (χ0v) is 12.3. The molecule has 0 fully saturated rings. The van der Waals surface area contributed by atoms with Crippen molar-refractivity contribution in [2.75, 3.05) is 7.11 Å². The first-order chi connectivity index (χ1) is 9.78. The summed E-state index contributed by atoms with van der Waals surface area (Å²) in [5.41, 5.74) is 1.20. The van der Waals surface area contributed by atoms with Crippen LogP contribution in [-0.2, 0) is 0 Å². The van der Waals surface area contributed by atoms with Crippen LogP contribution < -0.4 is 9.47 Å². The minimum atomic E-state index is 0.484. The minimum Gasteiger partial charge on any atom is -0.496 e. The third-order valence-corrected chi connectivity index (χ3v) is 3.49. The average Bonchev–Trinajstić information content (AvgIpc) is 2.50. The van der Waals surface area contributed by atoms with Gasteiger partial charge >= 0.3 is 0 Å². The Balaban J connectivity index is 2.29. The number of benzene rings is 1. The lowest BCUT2D eigenvalue weighted by molar-refractivity contribution is 0.400. The van der Waals surface area contributed by atoms with E-state index in [-0.39, 0.29) is 0 Å². The fourth-order valence-electron chi connectivity index (χ4n) is 2.35. The molecule has 0 aliphatic rings. The van der Waals surface area contributed by atoms with E-state index < -0.39 is 0 Å². The Labute approximate surface area is 120 Å². The molecule has 106 valence electrons. The van der Waals surface area contributed by atoms with Crippen molar-refractivity contribution >= 4 is 0 Å². The molecule has 20 heavy (non-hydrogen) atoms. The van der Waals surface area contributed by atoms with Gasteiger partial charge in [0.1, 0.15) is 11.5 Å². The average molecular weight is 271 g/mol. The molecule has 2 rings (SSSR count). The number of hydrogen-bond donors (Lipinski definition) is 0. The molecule has 0 aliphatic heterocycles. The fourth-order valence-corrected chi connectivity index (χ4v) is 2.35. The summed E-state index contributed by atoms with van der Waals surface area (Å²) in [5, 5.41) is 0. The Kier molecular flexibility index (Phi) is 4.99. The molecule has 0 N–H and O–H groups in total. The van der Waals surface area contributed by atoms with Crippen LogP contribution >= 0.6 is 0 Å². The van der Waals surface area contributed by atoms with Crippen molar-refractivity contribution in [3.05, 3.63) is 48.2 Å². The molecule has 1 aromatic heterocycles. The van der Waals surface area contributed by atoms with E-state index >= 15 is 0 Å². The Morgan fingerprint density at radius 2 is 1.90 bits per heavy atom. The van der Waals surface area contributed by atoms with Crippen LogP contribution in [0.25, 0.3) is 0 Å². The van der Waals surface area contributed by atoms with Crippen LogP contribution in [0.4, 0.5) is 0 Å². The molecule has 0 saturated heterocycles. The summed E-state index contributed by atoms with van der Waals surface area (Å²) in [5.74, 6) is 2.81. The standard InChI is InChI=1S/C17H21NO2/c1-4-13(5-2)15-12-14(9-10-16(15)19-3)20-17-8-6-7-11-18-17/h6-13H,4-5H2,1-3H3. The summed E-state index contributed by atoms with van der Waals surface area (Å²) in [4.78, 5) is 4.18. The molecule has 1 aromatic carbocycles. The quantitative estimate of drug-likeness (QED) is 0.757. The lowest BCUT2D eigenvalue weighted by Gasteiger charge is -2.18. The number of ether oxygens (including phenoxy) is 2. The molecule has 0 amide bonds. The summed E-state index contributed by atoms with van der Waals surface area (Å²) in [6.45, 7) is 4.39. The molecule has 0 bridgehead atoms. The van der Waals surface area contributed by atoms with E-state index in [1.165, 1.54) is 5.56 Å². The number of nitrogens with zero attached hydrogens (tertiary/aromatic N) is 1. The van der Waals surface area contributed by atoms with Gasteiger partial charge in [-0.05, 0) is 43.0 Å². The van der Waals surface area contributed by atoms with E-state index in [1.54, 1.807) is 13.3 Å². The number of rotatable bonds is 6. The maximum atomic E-state index is 5.79. The summed E-state index contributed by atoms with van der Waals surface area (Å²) in [7, 11) is 1.71. The highest BCUT2D eigenvalue weighted by Crippen LogP contribution is 2.35. The Morgan fingerprint density at radius 1 is 1.10 bits per heavy atom. The van der Waals surface area contributed by atoms with Crippen molar-refractivity contribution in [2.24, 2.45) is 0 Å². The van der Waals surface area contributed by atoms with Crippen LogP contribution in [-0.4, -0.2) is 12.1 Å². The summed E-state index contributed by atoms with van der Waals surface area (Å²) >= 11 is 0. The van der Waals surface area contributed by atoms with E-state index in [9.17, 15) is 0 Å². The van der Waals surface area contributed by atoms with Gasteiger partial charge in [-0.1, -0.05) is 19.9 Å². The fraction of sp³-hybridized carbons (Fsp3) is 0.353. The summed E-state index contributed by atoms with van der Waals surface area (Å²) in [6.07, 6.45) is 3.89. The molecule has 0 saturated carbocycles. The molecule has 3 nitrogen and oxygen atoms in total. The van der Waals surface area contributed by atoms with Gasteiger partial charge in [-0.25, -0.2) is 4.98 Å². The van der Waals surface area contributed by atoms with Crippen LogP contribution in [0.1, 0.15) is 38.2 Å². The number of methoxy groups -OCH3 is 1. The highest BCUT2D eigenvalue weighted by Gasteiger charge is 2.14. The molecule has 1 heterocycles. The van der Waals surface area contributed by atoms with E-state index in [0.717, 1.165) is 24.3 Å². The lowest BCUT2D eigenvalue weighted by atomic mass is 9.93.